The molecule has 0 radical (unpaired) electrons. The number of hydrogen-bond acceptors (Lipinski definition) is 5. The molecule has 1 aromatic carbocycles. The highest BCUT2D eigenvalue weighted by Crippen LogP contribution is 2.17. The van der Waals surface area contributed by atoms with Gasteiger partial charge in [-0.3, -0.25) is 9.88 Å². The molecule has 2 N–H and O–H groups in total. The lowest BCUT2D eigenvalue weighted by Gasteiger charge is -2.34. The Morgan fingerprint density at radius 2 is 2.04 bits per heavy atom. The summed E-state index contributed by atoms with van der Waals surface area (Å²) in [7, 11) is 0. The van der Waals surface area contributed by atoms with Gasteiger partial charge < -0.3 is 15.2 Å². The first-order valence-corrected chi connectivity index (χ1v) is 8.86. The van der Waals surface area contributed by atoms with Gasteiger partial charge in [0.1, 0.15) is 0 Å². The standard InChI is InChI=1S/C20H27N3O2/c1-20(24,16-23-9-11-25-12-10-23)15-21-14-17-5-4-6-18(13-17)19-7-2-3-8-22-19/h2-8,13,21,24H,9-12,14-16H2,1H3. The topological polar surface area (TPSA) is 57.6 Å². The minimum absolute atomic E-state index is 0.554. The molecule has 1 aliphatic heterocycles. The molecule has 0 aliphatic carbocycles. The van der Waals surface area contributed by atoms with Gasteiger partial charge in [0.05, 0.1) is 24.5 Å². The van der Waals surface area contributed by atoms with Crippen LogP contribution in [0.15, 0.2) is 48.7 Å². The molecule has 1 atom stereocenters. The van der Waals surface area contributed by atoms with Gasteiger partial charge in [-0.25, -0.2) is 0 Å². The van der Waals surface area contributed by atoms with Crippen LogP contribution in [0.1, 0.15) is 12.5 Å². The number of nitrogens with one attached hydrogen (secondary N) is 1. The SMILES string of the molecule is CC(O)(CNCc1cccc(-c2ccccn2)c1)CN1CCOCC1. The summed E-state index contributed by atoms with van der Waals surface area (Å²) in [4.78, 5) is 6.66. The number of pyridine rings is 1. The molecule has 1 saturated heterocycles. The second kappa shape index (κ2) is 8.54. The Morgan fingerprint density at radius 1 is 1.20 bits per heavy atom. The first-order valence-electron chi connectivity index (χ1n) is 8.86. The van der Waals surface area contributed by atoms with E-state index in [4.69, 9.17) is 4.74 Å². The van der Waals surface area contributed by atoms with E-state index in [9.17, 15) is 5.11 Å². The quantitative estimate of drug-likeness (QED) is 0.806. The van der Waals surface area contributed by atoms with Crippen LogP contribution in [0.2, 0.25) is 0 Å². The summed E-state index contributed by atoms with van der Waals surface area (Å²) < 4.78 is 5.36. The minimum atomic E-state index is -0.754. The third-order valence-electron chi connectivity index (χ3n) is 4.39. The molecule has 134 valence electrons. The number of benzene rings is 1. The lowest BCUT2D eigenvalue weighted by atomic mass is 10.0. The zero-order chi connectivity index (χ0) is 17.5. The summed E-state index contributed by atoms with van der Waals surface area (Å²) in [6.45, 7) is 7.12. The molecule has 25 heavy (non-hydrogen) atoms. The molecule has 1 fully saturated rings. The molecule has 3 rings (SSSR count). The van der Waals surface area contributed by atoms with Gasteiger partial charge in [0.15, 0.2) is 0 Å². The van der Waals surface area contributed by atoms with Gasteiger partial charge in [0, 0.05) is 44.5 Å². The Bertz CT molecular complexity index is 655. The van der Waals surface area contributed by atoms with E-state index in [0.29, 0.717) is 13.1 Å². The summed E-state index contributed by atoms with van der Waals surface area (Å²) in [5, 5.41) is 14.0. The monoisotopic (exact) mass is 341 g/mol. The molecule has 2 aromatic rings. The predicted octanol–water partition coefficient (Wildman–Crippen LogP) is 1.92. The lowest BCUT2D eigenvalue weighted by molar-refractivity contribution is -0.0219. The van der Waals surface area contributed by atoms with Gasteiger partial charge in [-0.2, -0.15) is 0 Å². The highest BCUT2D eigenvalue weighted by molar-refractivity contribution is 5.59. The van der Waals surface area contributed by atoms with E-state index in [-0.39, 0.29) is 0 Å². The molecule has 5 heteroatoms. The van der Waals surface area contributed by atoms with Gasteiger partial charge in [0.25, 0.3) is 0 Å². The number of aliphatic hydroxyl groups is 1. The predicted molar refractivity (Wildman–Crippen MR) is 99.3 cm³/mol. The molecular formula is C20H27N3O2. The smallest absolute Gasteiger partial charge is 0.0869 e. The molecular weight excluding hydrogens is 314 g/mol. The highest BCUT2D eigenvalue weighted by atomic mass is 16.5. The molecule has 0 amide bonds. The van der Waals surface area contributed by atoms with Crippen LogP contribution in [0.4, 0.5) is 0 Å². The minimum Gasteiger partial charge on any atom is -0.388 e. The van der Waals surface area contributed by atoms with Crippen LogP contribution >= 0.6 is 0 Å². The fraction of sp³-hybridized carbons (Fsp3) is 0.450. The Morgan fingerprint density at radius 3 is 2.80 bits per heavy atom. The van der Waals surface area contributed by atoms with Crippen molar-refractivity contribution >= 4 is 0 Å². The van der Waals surface area contributed by atoms with Gasteiger partial charge in [-0.15, -0.1) is 0 Å². The summed E-state index contributed by atoms with van der Waals surface area (Å²) in [6, 6.07) is 14.3. The van der Waals surface area contributed by atoms with Crippen molar-refractivity contribution < 1.29 is 9.84 Å². The molecule has 1 aromatic heterocycles. The van der Waals surface area contributed by atoms with Crippen molar-refractivity contribution in [2.24, 2.45) is 0 Å². The average molecular weight is 341 g/mol. The molecule has 1 aliphatic rings. The van der Waals surface area contributed by atoms with E-state index in [1.165, 1.54) is 5.56 Å². The van der Waals surface area contributed by atoms with Crippen molar-refractivity contribution in [3.05, 3.63) is 54.2 Å². The van der Waals surface area contributed by atoms with Gasteiger partial charge >= 0.3 is 0 Å². The molecule has 0 bridgehead atoms. The number of aromatic nitrogens is 1. The van der Waals surface area contributed by atoms with Crippen LogP contribution < -0.4 is 5.32 Å². The highest BCUT2D eigenvalue weighted by Gasteiger charge is 2.24. The summed E-state index contributed by atoms with van der Waals surface area (Å²) in [5.41, 5.74) is 2.52. The summed E-state index contributed by atoms with van der Waals surface area (Å²) in [6.07, 6.45) is 1.81. The van der Waals surface area contributed by atoms with Crippen LogP contribution in [-0.2, 0) is 11.3 Å². The molecule has 1 unspecified atom stereocenters. The maximum absolute atomic E-state index is 10.6. The van der Waals surface area contributed by atoms with E-state index >= 15 is 0 Å². The van der Waals surface area contributed by atoms with Crippen LogP contribution in [-0.4, -0.2) is 60.0 Å². The van der Waals surface area contributed by atoms with Crippen molar-refractivity contribution in [2.75, 3.05) is 39.4 Å². The van der Waals surface area contributed by atoms with Crippen LogP contribution in [0.5, 0.6) is 0 Å². The first-order chi connectivity index (χ1) is 12.1. The second-order valence-electron chi connectivity index (χ2n) is 6.90. The van der Waals surface area contributed by atoms with E-state index in [1.54, 1.807) is 0 Å². The van der Waals surface area contributed by atoms with E-state index < -0.39 is 5.60 Å². The average Bonchev–Trinajstić information content (AvgIpc) is 2.63. The van der Waals surface area contributed by atoms with E-state index in [0.717, 1.165) is 44.1 Å². The van der Waals surface area contributed by atoms with Gasteiger partial charge in [0.2, 0.25) is 0 Å². The Labute approximate surface area is 149 Å². The summed E-state index contributed by atoms with van der Waals surface area (Å²) >= 11 is 0. The zero-order valence-electron chi connectivity index (χ0n) is 14.8. The molecule has 5 nitrogen and oxygen atoms in total. The fourth-order valence-corrected chi connectivity index (χ4v) is 3.15. The maximum Gasteiger partial charge on any atom is 0.0869 e. The van der Waals surface area contributed by atoms with Crippen LogP contribution in [0.25, 0.3) is 11.3 Å². The molecule has 0 saturated carbocycles. The number of morpholine rings is 1. The van der Waals surface area contributed by atoms with Crippen LogP contribution in [0.3, 0.4) is 0 Å². The van der Waals surface area contributed by atoms with E-state index in [2.05, 4.69) is 33.4 Å². The maximum atomic E-state index is 10.6. The van der Waals surface area contributed by atoms with Gasteiger partial charge in [-0.1, -0.05) is 24.3 Å². The van der Waals surface area contributed by atoms with Crippen molar-refractivity contribution in [1.29, 1.82) is 0 Å². The number of rotatable bonds is 7. The normalized spacial score (nSPS) is 18.0. The van der Waals surface area contributed by atoms with Crippen molar-refractivity contribution in [1.82, 2.24) is 15.2 Å². The van der Waals surface area contributed by atoms with Crippen molar-refractivity contribution in [2.45, 2.75) is 19.1 Å². The molecule has 2 heterocycles. The van der Waals surface area contributed by atoms with Crippen molar-refractivity contribution in [3.8, 4) is 11.3 Å². The third kappa shape index (κ3) is 5.61. The Hall–Kier alpha value is -1.79. The number of β-amino-alcohol motifs (C(OH)–C–C–N with tert-alkyl or cyclic N) is 1. The van der Waals surface area contributed by atoms with Gasteiger partial charge in [-0.05, 0) is 30.7 Å². The van der Waals surface area contributed by atoms with Crippen LogP contribution in [0, 0.1) is 0 Å². The molecule has 0 spiro atoms. The lowest BCUT2D eigenvalue weighted by Crippen LogP contribution is -2.50. The first kappa shape index (κ1) is 18.0. The fourth-order valence-electron chi connectivity index (χ4n) is 3.15. The van der Waals surface area contributed by atoms with Crippen molar-refractivity contribution in [3.63, 3.8) is 0 Å². The largest absolute Gasteiger partial charge is 0.388 e. The zero-order valence-corrected chi connectivity index (χ0v) is 14.8. The number of nitrogens with zero attached hydrogens (tertiary/aromatic N) is 2. The Balaban J connectivity index is 1.51. The number of ether oxygens (including phenoxy) is 1. The van der Waals surface area contributed by atoms with E-state index in [1.807, 2.05) is 37.4 Å². The third-order valence-corrected chi connectivity index (χ3v) is 4.39. The number of hydrogen-bond donors (Lipinski definition) is 2. The Kier molecular flexibility index (Phi) is 6.15. The second-order valence-corrected chi connectivity index (χ2v) is 6.90. The summed E-state index contributed by atoms with van der Waals surface area (Å²) in [5.74, 6) is 0.